The van der Waals surface area contributed by atoms with Gasteiger partial charge in [0.25, 0.3) is 0 Å². The molecule has 2 aromatic carbocycles. The van der Waals surface area contributed by atoms with E-state index in [1.165, 1.54) is 5.56 Å². The van der Waals surface area contributed by atoms with Gasteiger partial charge < -0.3 is 9.84 Å². The summed E-state index contributed by atoms with van der Waals surface area (Å²) in [6, 6.07) is 17.1. The predicted octanol–water partition coefficient (Wildman–Crippen LogP) is 2.61. The Morgan fingerprint density at radius 1 is 1.16 bits per heavy atom. The van der Waals surface area contributed by atoms with Gasteiger partial charge in [-0.2, -0.15) is 0 Å². The lowest BCUT2D eigenvalue weighted by Gasteiger charge is -2.37. The number of aliphatic hydroxyl groups excluding tert-OH is 1. The molecule has 5 heteroatoms. The van der Waals surface area contributed by atoms with E-state index in [0.29, 0.717) is 12.6 Å². The summed E-state index contributed by atoms with van der Waals surface area (Å²) < 4.78 is 7.72. The van der Waals surface area contributed by atoms with Crippen LogP contribution in [0.15, 0.2) is 54.9 Å². The number of morpholine rings is 1. The summed E-state index contributed by atoms with van der Waals surface area (Å²) in [5, 5.41) is 9.33. The van der Waals surface area contributed by atoms with E-state index in [1.807, 2.05) is 24.5 Å². The molecule has 0 bridgehead atoms. The first kappa shape index (κ1) is 16.3. The van der Waals surface area contributed by atoms with Crippen LogP contribution in [0.25, 0.3) is 16.7 Å². The van der Waals surface area contributed by atoms with Crippen LogP contribution in [0.1, 0.15) is 12.5 Å². The van der Waals surface area contributed by atoms with Crippen molar-refractivity contribution in [1.82, 2.24) is 14.5 Å². The first-order chi connectivity index (χ1) is 12.2. The smallest absolute Gasteiger partial charge is 0.100 e. The molecule has 0 aliphatic carbocycles. The van der Waals surface area contributed by atoms with E-state index in [1.54, 1.807) is 0 Å². The normalized spacial score (nSPS) is 21.7. The summed E-state index contributed by atoms with van der Waals surface area (Å²) >= 11 is 0. The lowest BCUT2D eigenvalue weighted by Crippen LogP contribution is -2.48. The van der Waals surface area contributed by atoms with Crippen LogP contribution in [0.4, 0.5) is 0 Å². The number of hydrogen-bond donors (Lipinski definition) is 1. The maximum Gasteiger partial charge on any atom is 0.100 e. The molecule has 4 rings (SSSR count). The van der Waals surface area contributed by atoms with E-state index in [4.69, 9.17) is 4.74 Å². The Labute approximate surface area is 147 Å². The number of ether oxygens (including phenoxy) is 1. The highest BCUT2D eigenvalue weighted by atomic mass is 16.5. The van der Waals surface area contributed by atoms with E-state index < -0.39 is 0 Å². The number of hydrogen-bond acceptors (Lipinski definition) is 4. The fourth-order valence-corrected chi connectivity index (χ4v) is 3.37. The molecule has 1 aliphatic heterocycles. The molecule has 1 N–H and O–H groups in total. The Morgan fingerprint density at radius 3 is 2.76 bits per heavy atom. The topological polar surface area (TPSA) is 50.5 Å². The zero-order valence-electron chi connectivity index (χ0n) is 14.4. The van der Waals surface area contributed by atoms with E-state index in [2.05, 4.69) is 51.7 Å². The van der Waals surface area contributed by atoms with E-state index in [-0.39, 0.29) is 12.7 Å². The number of nitrogens with zero attached hydrogens (tertiary/aromatic N) is 3. The van der Waals surface area contributed by atoms with Gasteiger partial charge in [0.2, 0.25) is 0 Å². The molecule has 2 heterocycles. The van der Waals surface area contributed by atoms with Gasteiger partial charge in [0, 0.05) is 24.8 Å². The van der Waals surface area contributed by atoms with Crippen LogP contribution < -0.4 is 0 Å². The second-order valence-corrected chi connectivity index (χ2v) is 6.69. The summed E-state index contributed by atoms with van der Waals surface area (Å²) in [6.45, 7) is 4.55. The van der Waals surface area contributed by atoms with Gasteiger partial charge in [-0.25, -0.2) is 4.98 Å². The van der Waals surface area contributed by atoms with Crippen molar-refractivity contribution >= 4 is 11.0 Å². The molecule has 1 aromatic heterocycles. The number of aliphatic hydroxyl groups is 1. The van der Waals surface area contributed by atoms with Crippen LogP contribution >= 0.6 is 0 Å². The van der Waals surface area contributed by atoms with Gasteiger partial charge >= 0.3 is 0 Å². The van der Waals surface area contributed by atoms with Gasteiger partial charge in [0.05, 0.1) is 30.4 Å². The Hall–Kier alpha value is -2.21. The molecule has 3 aromatic rings. The van der Waals surface area contributed by atoms with Crippen molar-refractivity contribution in [2.45, 2.75) is 25.6 Å². The molecule has 1 saturated heterocycles. The average Bonchev–Trinajstić information content (AvgIpc) is 3.08. The van der Waals surface area contributed by atoms with Gasteiger partial charge in [0.1, 0.15) is 6.33 Å². The largest absolute Gasteiger partial charge is 0.394 e. The fraction of sp³-hybridized carbons (Fsp3) is 0.350. The standard InChI is InChI=1S/C20H23N3O2/c1-15-13-25-18(12-24)11-22(15)10-16-6-8-17(9-7-16)23-14-21-19-4-2-3-5-20(19)23/h2-9,14-15,18,24H,10-13H2,1H3. The lowest BCUT2D eigenvalue weighted by molar-refractivity contribution is -0.0805. The Bertz CT molecular complexity index is 844. The van der Waals surface area contributed by atoms with Crippen LogP contribution in [0.3, 0.4) is 0 Å². The van der Waals surface area contributed by atoms with Crippen LogP contribution in [-0.4, -0.2) is 51.5 Å². The fourth-order valence-electron chi connectivity index (χ4n) is 3.37. The Balaban J connectivity index is 1.52. The number of rotatable bonds is 4. The Morgan fingerprint density at radius 2 is 1.96 bits per heavy atom. The van der Waals surface area contributed by atoms with Crippen LogP contribution in [0.2, 0.25) is 0 Å². The molecule has 1 aliphatic rings. The summed E-state index contributed by atoms with van der Waals surface area (Å²) in [4.78, 5) is 6.82. The van der Waals surface area contributed by atoms with Crippen molar-refractivity contribution in [2.75, 3.05) is 19.8 Å². The zero-order chi connectivity index (χ0) is 17.2. The zero-order valence-corrected chi connectivity index (χ0v) is 14.4. The highest BCUT2D eigenvalue weighted by Gasteiger charge is 2.25. The van der Waals surface area contributed by atoms with E-state index in [0.717, 1.165) is 29.8 Å². The van der Waals surface area contributed by atoms with Crippen LogP contribution in [0, 0.1) is 0 Å². The van der Waals surface area contributed by atoms with Crippen molar-refractivity contribution in [3.8, 4) is 5.69 Å². The predicted molar refractivity (Wildman–Crippen MR) is 97.8 cm³/mol. The molecule has 0 amide bonds. The van der Waals surface area contributed by atoms with Crippen LogP contribution in [0.5, 0.6) is 0 Å². The summed E-state index contributed by atoms with van der Waals surface area (Å²) in [6.07, 6.45) is 1.79. The lowest BCUT2D eigenvalue weighted by atomic mass is 10.1. The highest BCUT2D eigenvalue weighted by Crippen LogP contribution is 2.20. The molecule has 0 radical (unpaired) electrons. The average molecular weight is 337 g/mol. The molecule has 2 unspecified atom stereocenters. The van der Waals surface area contributed by atoms with E-state index >= 15 is 0 Å². The molecule has 1 fully saturated rings. The number of aromatic nitrogens is 2. The van der Waals surface area contributed by atoms with Gasteiger partial charge in [-0.1, -0.05) is 24.3 Å². The summed E-state index contributed by atoms with van der Waals surface area (Å²) in [7, 11) is 0. The molecule has 0 saturated carbocycles. The van der Waals surface area contributed by atoms with Crippen molar-refractivity contribution in [3.63, 3.8) is 0 Å². The highest BCUT2D eigenvalue weighted by molar-refractivity contribution is 5.77. The molecule has 0 spiro atoms. The third kappa shape index (κ3) is 3.31. The number of imidazole rings is 1. The molecule has 25 heavy (non-hydrogen) atoms. The number of para-hydroxylation sites is 2. The number of fused-ring (bicyclic) bond motifs is 1. The molecular formula is C20H23N3O2. The quantitative estimate of drug-likeness (QED) is 0.795. The van der Waals surface area contributed by atoms with Gasteiger partial charge in [-0.3, -0.25) is 9.47 Å². The van der Waals surface area contributed by atoms with E-state index in [9.17, 15) is 5.11 Å². The summed E-state index contributed by atoms with van der Waals surface area (Å²) in [5.74, 6) is 0. The Kier molecular flexibility index (Phi) is 4.53. The van der Waals surface area contributed by atoms with Crippen LogP contribution in [-0.2, 0) is 11.3 Å². The second kappa shape index (κ2) is 6.96. The maximum atomic E-state index is 9.33. The minimum absolute atomic E-state index is 0.0761. The minimum atomic E-state index is -0.0761. The molecular weight excluding hydrogens is 314 g/mol. The van der Waals surface area contributed by atoms with Gasteiger partial charge in [-0.15, -0.1) is 0 Å². The van der Waals surface area contributed by atoms with Crippen molar-refractivity contribution in [1.29, 1.82) is 0 Å². The summed E-state index contributed by atoms with van der Waals surface area (Å²) in [5.41, 5.74) is 4.49. The number of benzene rings is 2. The molecule has 130 valence electrons. The third-order valence-electron chi connectivity index (χ3n) is 4.89. The first-order valence-corrected chi connectivity index (χ1v) is 8.72. The first-order valence-electron chi connectivity index (χ1n) is 8.72. The monoisotopic (exact) mass is 337 g/mol. The molecule has 5 nitrogen and oxygen atoms in total. The second-order valence-electron chi connectivity index (χ2n) is 6.69. The maximum absolute atomic E-state index is 9.33. The third-order valence-corrected chi connectivity index (χ3v) is 4.89. The SMILES string of the molecule is CC1COC(CO)CN1Cc1ccc(-n2cnc3ccccc32)cc1. The van der Waals surface area contributed by atoms with Crippen molar-refractivity contribution in [2.24, 2.45) is 0 Å². The van der Waals surface area contributed by atoms with Gasteiger partial charge in [0.15, 0.2) is 0 Å². The van der Waals surface area contributed by atoms with Crippen molar-refractivity contribution in [3.05, 3.63) is 60.4 Å². The minimum Gasteiger partial charge on any atom is -0.394 e. The van der Waals surface area contributed by atoms with Crippen molar-refractivity contribution < 1.29 is 9.84 Å². The molecule has 2 atom stereocenters. The van der Waals surface area contributed by atoms with Gasteiger partial charge in [-0.05, 0) is 36.8 Å².